The van der Waals surface area contributed by atoms with E-state index in [1.54, 1.807) is 0 Å². The van der Waals surface area contributed by atoms with Crippen LogP contribution in [0.4, 0.5) is 17.2 Å². The molecule has 3 heterocycles. The zero-order chi connectivity index (χ0) is 29.2. The molecule has 0 bridgehead atoms. The number of anilines is 3. The van der Waals surface area contributed by atoms with Crippen LogP contribution in [-0.2, 0) is 39.1 Å². The summed E-state index contributed by atoms with van der Waals surface area (Å²) >= 11 is 5.82. The fraction of sp³-hybridized carbons (Fsp3) is 0.158. The van der Waals surface area contributed by atoms with Crippen molar-refractivity contribution in [1.29, 1.82) is 0 Å². The van der Waals surface area contributed by atoms with Gasteiger partial charge in [0.05, 0.1) is 0 Å². The van der Waals surface area contributed by atoms with Crippen LogP contribution in [0.5, 0.6) is 0 Å². The van der Waals surface area contributed by atoms with Gasteiger partial charge < -0.3 is 17.5 Å². The Morgan fingerprint density at radius 2 is 1.53 bits per heavy atom. The van der Waals surface area contributed by atoms with Gasteiger partial charge in [0, 0.05) is 22.8 Å². The van der Waals surface area contributed by atoms with Gasteiger partial charge >= 0.3 is 21.1 Å². The molecule has 0 saturated heterocycles. The molecule has 0 radical (unpaired) electrons. The number of benzene rings is 4. The maximum absolute atomic E-state index is 5.82. The van der Waals surface area contributed by atoms with Gasteiger partial charge in [0.2, 0.25) is 0 Å². The van der Waals surface area contributed by atoms with Crippen LogP contribution in [0.3, 0.4) is 0 Å². The Morgan fingerprint density at radius 1 is 0.791 bits per heavy atom. The zero-order valence-electron chi connectivity index (χ0n) is 24.8. The first-order valence-corrected chi connectivity index (χ1v) is 14.7. The molecule has 3 nitrogen and oxygen atoms in total. The SMILES string of the molecule is Cc1cc(C)c(-c2ccc([S-])c3nc(-c4[c-]c5c(cc4)C(C)(C)c4ccccc4N5c4ccccn4)ccc23)c(C)c1.[Pt+2]. The van der Waals surface area contributed by atoms with Gasteiger partial charge in [-0.2, -0.15) is 0 Å². The molecule has 0 fully saturated rings. The summed E-state index contributed by atoms with van der Waals surface area (Å²) in [4.78, 5) is 12.9. The first-order valence-electron chi connectivity index (χ1n) is 14.3. The summed E-state index contributed by atoms with van der Waals surface area (Å²) in [6.07, 6.45) is 1.84. The summed E-state index contributed by atoms with van der Waals surface area (Å²) in [5.41, 5.74) is 13.2. The van der Waals surface area contributed by atoms with Gasteiger partial charge in [-0.3, -0.25) is 4.98 Å². The van der Waals surface area contributed by atoms with Crippen LogP contribution in [0.1, 0.15) is 41.7 Å². The molecule has 5 heteroatoms. The fourth-order valence-corrected chi connectivity index (χ4v) is 6.89. The molecule has 43 heavy (non-hydrogen) atoms. The second kappa shape index (κ2) is 11.0. The maximum Gasteiger partial charge on any atom is 2.00 e. The molecule has 0 atom stereocenters. The van der Waals surface area contributed by atoms with Gasteiger partial charge in [0.25, 0.3) is 0 Å². The molecule has 1 aliphatic heterocycles. The van der Waals surface area contributed by atoms with E-state index in [2.05, 4.69) is 112 Å². The molecular formula is C38H31N3PtS. The molecule has 214 valence electrons. The van der Waals surface area contributed by atoms with Crippen LogP contribution < -0.4 is 4.90 Å². The van der Waals surface area contributed by atoms with Crippen molar-refractivity contribution in [2.75, 3.05) is 4.90 Å². The number of hydrogen-bond acceptors (Lipinski definition) is 4. The molecule has 0 saturated carbocycles. The molecule has 6 aromatic rings. The van der Waals surface area contributed by atoms with E-state index < -0.39 is 0 Å². The average molecular weight is 757 g/mol. The van der Waals surface area contributed by atoms with Crippen molar-refractivity contribution in [1.82, 2.24) is 9.97 Å². The summed E-state index contributed by atoms with van der Waals surface area (Å²) < 4.78 is 0. The van der Waals surface area contributed by atoms with E-state index >= 15 is 0 Å². The largest absolute Gasteiger partial charge is 2.00 e. The Kier molecular flexibility index (Phi) is 7.48. The van der Waals surface area contributed by atoms with Crippen molar-refractivity contribution in [3.63, 3.8) is 0 Å². The summed E-state index contributed by atoms with van der Waals surface area (Å²) in [6.45, 7) is 11.1. The zero-order valence-corrected chi connectivity index (χ0v) is 27.9. The van der Waals surface area contributed by atoms with Gasteiger partial charge in [0.15, 0.2) is 0 Å². The van der Waals surface area contributed by atoms with E-state index in [1.165, 1.54) is 38.9 Å². The van der Waals surface area contributed by atoms with Crippen molar-refractivity contribution in [2.24, 2.45) is 0 Å². The number of aromatic nitrogens is 2. The van der Waals surface area contributed by atoms with Crippen molar-refractivity contribution < 1.29 is 21.1 Å². The molecule has 0 aliphatic carbocycles. The molecule has 0 unspecified atom stereocenters. The van der Waals surface area contributed by atoms with Gasteiger partial charge in [-0.15, -0.1) is 28.7 Å². The van der Waals surface area contributed by atoms with Crippen LogP contribution in [0, 0.1) is 26.8 Å². The number of para-hydroxylation sites is 1. The smallest absolute Gasteiger partial charge is 0.778 e. The molecular weight excluding hydrogens is 726 g/mol. The molecule has 0 spiro atoms. The normalized spacial score (nSPS) is 13.3. The van der Waals surface area contributed by atoms with E-state index in [0.29, 0.717) is 0 Å². The third-order valence-corrected chi connectivity index (χ3v) is 8.89. The number of aryl methyl sites for hydroxylation is 3. The quantitative estimate of drug-likeness (QED) is 0.133. The fourth-order valence-electron chi connectivity index (χ4n) is 6.66. The molecule has 4 aromatic carbocycles. The number of fused-ring (bicyclic) bond motifs is 3. The Morgan fingerprint density at radius 3 is 2.28 bits per heavy atom. The first kappa shape index (κ1) is 29.2. The van der Waals surface area contributed by atoms with Crippen LogP contribution in [0.25, 0.3) is 33.3 Å². The summed E-state index contributed by atoms with van der Waals surface area (Å²) in [6, 6.07) is 35.7. The summed E-state index contributed by atoms with van der Waals surface area (Å²) in [5, 5.41) is 1.07. The minimum atomic E-state index is -0.199. The van der Waals surface area contributed by atoms with E-state index in [0.717, 1.165) is 44.2 Å². The van der Waals surface area contributed by atoms with Gasteiger partial charge in [-0.05, 0) is 83.6 Å². The topological polar surface area (TPSA) is 29.0 Å². The van der Waals surface area contributed by atoms with Crippen LogP contribution in [0.2, 0.25) is 0 Å². The van der Waals surface area contributed by atoms with Crippen molar-refractivity contribution in [3.05, 3.63) is 131 Å². The molecule has 2 aromatic heterocycles. The Labute approximate surface area is 273 Å². The Hall–Kier alpha value is -3.85. The van der Waals surface area contributed by atoms with Crippen LogP contribution in [-0.4, -0.2) is 9.97 Å². The third-order valence-electron chi connectivity index (χ3n) is 8.56. The third kappa shape index (κ3) is 4.78. The average Bonchev–Trinajstić information content (AvgIpc) is 2.98. The molecule has 1 aliphatic rings. The number of pyridine rings is 2. The Bertz CT molecular complexity index is 1990. The second-order valence-electron chi connectivity index (χ2n) is 11.8. The molecule has 0 amide bonds. The standard InChI is InChI=1S/C38H32N3S.Pt/c1-23-20-24(2)36(25(3)21-23)27-15-18-34(42)37-28(27)14-17-31(40-37)26-13-16-30-33(22-26)41(35-12-8-9-19-39-35)32-11-7-6-10-29(32)38(30,4)5;/h6-21,42H,1-5H3;/q-1;+2/p-1. The number of nitrogens with zero attached hydrogens (tertiary/aromatic N) is 3. The molecule has 0 N–H and O–H groups in total. The van der Waals surface area contributed by atoms with Gasteiger partial charge in [-0.1, -0.05) is 85.6 Å². The van der Waals surface area contributed by atoms with Crippen LogP contribution in [0.15, 0.2) is 102 Å². The predicted molar refractivity (Wildman–Crippen MR) is 176 cm³/mol. The number of rotatable bonds is 3. The second-order valence-corrected chi connectivity index (χ2v) is 12.2. The summed E-state index contributed by atoms with van der Waals surface area (Å²) in [5.74, 6) is 0.864. The summed E-state index contributed by atoms with van der Waals surface area (Å²) in [7, 11) is 0. The maximum atomic E-state index is 5.82. The van der Waals surface area contributed by atoms with Crippen LogP contribution >= 0.6 is 0 Å². The minimum Gasteiger partial charge on any atom is -0.778 e. The molecule has 7 rings (SSSR count). The van der Waals surface area contributed by atoms with Crippen molar-refractivity contribution in [3.8, 4) is 22.4 Å². The van der Waals surface area contributed by atoms with E-state index in [9.17, 15) is 0 Å². The predicted octanol–water partition coefficient (Wildman–Crippen LogP) is 9.70. The van der Waals surface area contributed by atoms with E-state index in [1.807, 2.05) is 30.5 Å². The minimum absolute atomic E-state index is 0. The van der Waals surface area contributed by atoms with Gasteiger partial charge in [-0.25, -0.2) is 4.98 Å². The number of hydrogen-bond donors (Lipinski definition) is 0. The first-order chi connectivity index (χ1) is 20.2. The van der Waals surface area contributed by atoms with E-state index in [4.69, 9.17) is 22.6 Å². The van der Waals surface area contributed by atoms with Gasteiger partial charge in [0.1, 0.15) is 5.82 Å². The van der Waals surface area contributed by atoms with E-state index in [-0.39, 0.29) is 26.5 Å². The monoisotopic (exact) mass is 756 g/mol. The Balaban J connectivity index is 0.00000329. The van der Waals surface area contributed by atoms with Crippen molar-refractivity contribution >= 4 is 40.7 Å². The van der Waals surface area contributed by atoms with Crippen molar-refractivity contribution in [2.45, 2.75) is 44.9 Å².